The number of hydrogen-bond donors (Lipinski definition) is 1. The summed E-state index contributed by atoms with van der Waals surface area (Å²) in [5.74, 6) is 1.38. The molecule has 0 aliphatic rings. The summed E-state index contributed by atoms with van der Waals surface area (Å²) in [4.78, 5) is 17.9. The number of phenolic OH excluding ortho intramolecular Hbond substituents is 1. The van der Waals surface area contributed by atoms with Crippen LogP contribution in [0.1, 0.15) is 52.7 Å². The number of phenols is 1. The molecule has 0 aliphatic heterocycles. The molecule has 0 radical (unpaired) electrons. The Balaban J connectivity index is 1.32. The van der Waals surface area contributed by atoms with Crippen LogP contribution in [-0.2, 0) is 10.8 Å². The Bertz CT molecular complexity index is 3240. The average molecular weight is 785 g/mol. The van der Waals surface area contributed by atoms with Crippen LogP contribution < -0.4 is 4.90 Å². The van der Waals surface area contributed by atoms with E-state index in [0.717, 1.165) is 66.8 Å². The normalized spacial score (nSPS) is 12.2. The highest BCUT2D eigenvalue weighted by Crippen LogP contribution is 2.48. The summed E-state index contributed by atoms with van der Waals surface area (Å²) >= 11 is 0. The summed E-state index contributed by atoms with van der Waals surface area (Å²) in [6, 6.07) is 49.1. The third kappa shape index (κ3) is 6.25. The first-order chi connectivity index (χ1) is 28.9. The minimum atomic E-state index is -0.357. The molecule has 7 nitrogen and oxygen atoms in total. The monoisotopic (exact) mass is 784 g/mol. The van der Waals surface area contributed by atoms with Crippen LogP contribution in [0, 0.1) is 0 Å². The number of anilines is 3. The van der Waals surface area contributed by atoms with Crippen LogP contribution in [0.15, 0.2) is 161 Å². The quantitative estimate of drug-likeness (QED) is 0.180. The Morgan fingerprint density at radius 3 is 1.98 bits per heavy atom. The molecule has 4 aromatic heterocycles. The molecule has 60 heavy (non-hydrogen) atoms. The lowest BCUT2D eigenvalue weighted by atomic mass is 9.78. The van der Waals surface area contributed by atoms with E-state index in [1.54, 1.807) is 0 Å². The fourth-order valence-corrected chi connectivity index (χ4v) is 8.27. The molecule has 294 valence electrons. The van der Waals surface area contributed by atoms with Gasteiger partial charge in [-0.3, -0.25) is 4.90 Å². The summed E-state index contributed by atoms with van der Waals surface area (Å²) < 4.78 is 13.4. The molecular formula is C53H44N4O3. The van der Waals surface area contributed by atoms with E-state index in [9.17, 15) is 5.11 Å². The second-order valence-corrected chi connectivity index (χ2v) is 17.5. The lowest BCUT2D eigenvalue weighted by molar-refractivity contribution is 0.446. The van der Waals surface area contributed by atoms with E-state index < -0.39 is 0 Å². The van der Waals surface area contributed by atoms with E-state index in [-0.39, 0.29) is 16.6 Å². The minimum Gasteiger partial charge on any atom is -0.507 e. The van der Waals surface area contributed by atoms with Crippen LogP contribution in [0.5, 0.6) is 5.75 Å². The lowest BCUT2D eigenvalue weighted by Crippen LogP contribution is -2.17. The molecule has 10 aromatic rings. The van der Waals surface area contributed by atoms with Crippen molar-refractivity contribution in [1.82, 2.24) is 15.0 Å². The standard InChI is InChI=1S/C53H44N4O3/c1-52(2,3)33-28-39(49(58)40(29-33)53(4,5)6)48-50-47(37-22-12-15-25-43(37)60-50)55-51(56-48)38-30-34(31-44-46(38)36-21-11-14-24-42(36)59-44)57(45-26-16-17-27-54-45)41-23-13-10-20-35(41)32-18-8-7-9-19-32/h7-31,58H,1-6H3. The van der Waals surface area contributed by atoms with Gasteiger partial charge < -0.3 is 13.9 Å². The summed E-state index contributed by atoms with van der Waals surface area (Å²) in [6.45, 7) is 12.9. The van der Waals surface area contributed by atoms with E-state index >= 15 is 0 Å². The Morgan fingerprint density at radius 1 is 0.567 bits per heavy atom. The van der Waals surface area contributed by atoms with E-state index in [1.807, 2.05) is 72.9 Å². The highest BCUT2D eigenvalue weighted by atomic mass is 16.3. The number of nitrogens with zero attached hydrogens (tertiary/aromatic N) is 4. The van der Waals surface area contributed by atoms with Gasteiger partial charge in [-0.1, -0.05) is 133 Å². The molecule has 0 atom stereocenters. The Morgan fingerprint density at radius 2 is 1.25 bits per heavy atom. The SMILES string of the molecule is CC(C)(C)c1cc(-c2nc(-c3cc(N(c4ccccn4)c4ccccc4-c4ccccc4)cc4oc5ccccc5c34)nc3c2oc2ccccc23)c(O)c(C(C)(C)C)c1. The molecule has 0 aliphatic carbocycles. The van der Waals surface area contributed by atoms with Crippen molar-refractivity contribution in [3.63, 3.8) is 0 Å². The maximum Gasteiger partial charge on any atom is 0.180 e. The number of benzene rings is 6. The number of para-hydroxylation sites is 3. The van der Waals surface area contributed by atoms with Gasteiger partial charge in [-0.05, 0) is 70.5 Å². The second kappa shape index (κ2) is 13.9. The molecule has 4 heterocycles. The van der Waals surface area contributed by atoms with Gasteiger partial charge in [0.05, 0.1) is 11.4 Å². The van der Waals surface area contributed by atoms with Gasteiger partial charge in [0.1, 0.15) is 39.5 Å². The zero-order valence-corrected chi connectivity index (χ0v) is 34.5. The third-order valence-electron chi connectivity index (χ3n) is 11.3. The number of aromatic hydroxyl groups is 1. The van der Waals surface area contributed by atoms with Crippen molar-refractivity contribution in [2.75, 3.05) is 4.90 Å². The smallest absolute Gasteiger partial charge is 0.180 e. The van der Waals surface area contributed by atoms with E-state index in [1.165, 1.54) is 0 Å². The van der Waals surface area contributed by atoms with E-state index in [0.29, 0.717) is 39.3 Å². The van der Waals surface area contributed by atoms with Crippen LogP contribution in [0.2, 0.25) is 0 Å². The van der Waals surface area contributed by atoms with Crippen molar-refractivity contribution in [3.8, 4) is 39.5 Å². The minimum absolute atomic E-state index is 0.174. The Hall–Kier alpha value is -7.25. The van der Waals surface area contributed by atoms with Gasteiger partial charge in [-0.15, -0.1) is 0 Å². The first kappa shape index (κ1) is 37.0. The molecule has 0 saturated carbocycles. The Kier molecular flexibility index (Phi) is 8.61. The second-order valence-electron chi connectivity index (χ2n) is 17.5. The van der Waals surface area contributed by atoms with Crippen molar-refractivity contribution >= 4 is 61.2 Å². The fourth-order valence-electron chi connectivity index (χ4n) is 8.27. The molecule has 1 N–H and O–H groups in total. The molecular weight excluding hydrogens is 741 g/mol. The molecule has 0 fully saturated rings. The first-order valence-corrected chi connectivity index (χ1v) is 20.3. The predicted octanol–water partition coefficient (Wildman–Crippen LogP) is 14.4. The van der Waals surface area contributed by atoms with Crippen molar-refractivity contribution < 1.29 is 13.9 Å². The molecule has 0 unspecified atom stereocenters. The Labute approximate surface area is 348 Å². The van der Waals surface area contributed by atoms with Crippen LogP contribution in [0.3, 0.4) is 0 Å². The summed E-state index contributed by atoms with van der Waals surface area (Å²) in [7, 11) is 0. The summed E-state index contributed by atoms with van der Waals surface area (Å²) in [5.41, 5.74) is 10.4. The van der Waals surface area contributed by atoms with Crippen molar-refractivity contribution in [1.29, 1.82) is 0 Å². The van der Waals surface area contributed by atoms with Crippen molar-refractivity contribution in [3.05, 3.63) is 163 Å². The molecule has 0 saturated heterocycles. The molecule has 0 bridgehead atoms. The zero-order valence-electron chi connectivity index (χ0n) is 34.5. The molecule has 7 heteroatoms. The number of rotatable bonds is 6. The fraction of sp³-hybridized carbons (Fsp3) is 0.151. The van der Waals surface area contributed by atoms with Gasteiger partial charge in [0, 0.05) is 50.7 Å². The van der Waals surface area contributed by atoms with Crippen molar-refractivity contribution in [2.24, 2.45) is 0 Å². The van der Waals surface area contributed by atoms with Crippen molar-refractivity contribution in [2.45, 2.75) is 52.4 Å². The molecule has 0 spiro atoms. The van der Waals surface area contributed by atoms with Crippen LogP contribution in [0.25, 0.3) is 77.8 Å². The number of aromatic nitrogens is 3. The maximum absolute atomic E-state index is 12.3. The molecule has 0 amide bonds. The van der Waals surface area contributed by atoms with Gasteiger partial charge >= 0.3 is 0 Å². The topological polar surface area (TPSA) is 88.4 Å². The number of hydrogen-bond acceptors (Lipinski definition) is 7. The lowest BCUT2D eigenvalue weighted by Gasteiger charge is -2.27. The number of fused-ring (bicyclic) bond motifs is 6. The maximum atomic E-state index is 12.3. The highest BCUT2D eigenvalue weighted by Gasteiger charge is 2.30. The zero-order chi connectivity index (χ0) is 41.3. The molecule has 10 rings (SSSR count). The van der Waals surface area contributed by atoms with E-state index in [4.69, 9.17) is 23.8 Å². The average Bonchev–Trinajstić information content (AvgIpc) is 3.82. The predicted molar refractivity (Wildman–Crippen MR) is 244 cm³/mol. The van der Waals surface area contributed by atoms with Gasteiger partial charge in [0.25, 0.3) is 0 Å². The van der Waals surface area contributed by atoms with Gasteiger partial charge in [0.2, 0.25) is 0 Å². The number of furan rings is 2. The summed E-state index contributed by atoms with van der Waals surface area (Å²) in [6.07, 6.45) is 1.81. The summed E-state index contributed by atoms with van der Waals surface area (Å²) in [5, 5.41) is 15.0. The number of pyridine rings is 1. The van der Waals surface area contributed by atoms with Gasteiger partial charge in [-0.2, -0.15) is 0 Å². The van der Waals surface area contributed by atoms with Gasteiger partial charge in [-0.25, -0.2) is 15.0 Å². The third-order valence-corrected chi connectivity index (χ3v) is 11.3. The molecule has 6 aromatic carbocycles. The van der Waals surface area contributed by atoms with Gasteiger partial charge in [0.15, 0.2) is 11.4 Å². The first-order valence-electron chi connectivity index (χ1n) is 20.3. The van der Waals surface area contributed by atoms with E-state index in [2.05, 4.69) is 125 Å². The van der Waals surface area contributed by atoms with Crippen LogP contribution >= 0.6 is 0 Å². The highest BCUT2D eigenvalue weighted by molar-refractivity contribution is 6.14. The van der Waals surface area contributed by atoms with Crippen LogP contribution in [-0.4, -0.2) is 20.1 Å². The largest absolute Gasteiger partial charge is 0.507 e. The van der Waals surface area contributed by atoms with Crippen LogP contribution in [0.4, 0.5) is 17.2 Å².